The number of carbonyl (C=O) groups excluding carboxylic acids is 3. The Bertz CT molecular complexity index is 1300. The molecule has 3 aromatic rings. The Hall–Kier alpha value is -4.03. The number of nitrogens with one attached hydrogen (secondary N) is 2. The van der Waals surface area contributed by atoms with E-state index in [4.69, 9.17) is 15.2 Å². The van der Waals surface area contributed by atoms with Crippen molar-refractivity contribution in [2.24, 2.45) is 5.73 Å². The fourth-order valence-corrected chi connectivity index (χ4v) is 4.41. The molecule has 0 aliphatic carbocycles. The minimum Gasteiger partial charge on any atom is -0.443 e. The van der Waals surface area contributed by atoms with Gasteiger partial charge in [-0.1, -0.05) is 36.4 Å². The van der Waals surface area contributed by atoms with Gasteiger partial charge in [-0.2, -0.15) is 0 Å². The Balaban J connectivity index is 1.55. The summed E-state index contributed by atoms with van der Waals surface area (Å²) in [5.74, 6) is -0.193. The second-order valence-corrected chi connectivity index (χ2v) is 10.0. The van der Waals surface area contributed by atoms with Gasteiger partial charge in [0.05, 0.1) is 24.4 Å². The Labute approximate surface area is 226 Å². The summed E-state index contributed by atoms with van der Waals surface area (Å²) in [7, 11) is 1.54. The third-order valence-electron chi connectivity index (χ3n) is 6.51. The summed E-state index contributed by atoms with van der Waals surface area (Å²) in [5, 5.41) is 14.1. The summed E-state index contributed by atoms with van der Waals surface area (Å²) < 4.78 is 13.3. The normalized spacial score (nSPS) is 16.2. The first-order valence-corrected chi connectivity index (χ1v) is 12.9. The van der Waals surface area contributed by atoms with Crippen LogP contribution in [0.1, 0.15) is 49.8 Å². The molecule has 2 atom stereocenters. The first-order chi connectivity index (χ1) is 18.7. The molecule has 208 valence electrons. The summed E-state index contributed by atoms with van der Waals surface area (Å²) in [6.45, 7) is 4.02. The number of nitrogens with two attached hydrogens (primary N) is 1. The van der Waals surface area contributed by atoms with Gasteiger partial charge in [0.1, 0.15) is 18.7 Å². The molecular weight excluding hydrogens is 502 g/mol. The topological polar surface area (TPSA) is 153 Å². The minimum atomic E-state index is -1.13. The van der Waals surface area contributed by atoms with Crippen LogP contribution >= 0.6 is 0 Å². The summed E-state index contributed by atoms with van der Waals surface area (Å²) in [4.78, 5) is 39.3. The number of rotatable bonds is 10. The molecule has 4 N–H and O–H groups in total. The Morgan fingerprint density at radius 2 is 1.87 bits per heavy atom. The van der Waals surface area contributed by atoms with Gasteiger partial charge in [0.25, 0.3) is 0 Å². The van der Waals surface area contributed by atoms with Crippen LogP contribution in [-0.4, -0.2) is 69.2 Å². The maximum atomic E-state index is 12.9. The Morgan fingerprint density at radius 1 is 1.10 bits per heavy atom. The van der Waals surface area contributed by atoms with E-state index in [1.807, 2.05) is 30.3 Å². The molecule has 1 fully saturated rings. The fraction of sp³-hybridized carbons (Fsp3) is 0.444. The van der Waals surface area contributed by atoms with Crippen molar-refractivity contribution >= 4 is 23.6 Å². The zero-order valence-corrected chi connectivity index (χ0v) is 22.4. The van der Waals surface area contributed by atoms with Gasteiger partial charge in [-0.3, -0.25) is 18.9 Å². The number of benzene rings is 1. The van der Waals surface area contributed by atoms with Crippen molar-refractivity contribution in [1.82, 2.24) is 30.1 Å². The highest BCUT2D eigenvalue weighted by atomic mass is 16.6. The van der Waals surface area contributed by atoms with E-state index in [-0.39, 0.29) is 25.0 Å². The lowest BCUT2D eigenvalue weighted by Crippen LogP contribution is -2.51. The highest BCUT2D eigenvalue weighted by molar-refractivity contribution is 5.86. The number of hydrogen-bond acceptors (Lipinski definition) is 8. The quantitative estimate of drug-likeness (QED) is 0.353. The van der Waals surface area contributed by atoms with Crippen LogP contribution in [0, 0.1) is 0 Å². The number of fused-ring (bicyclic) bond motifs is 1. The molecule has 2 aromatic heterocycles. The number of amides is 3. The summed E-state index contributed by atoms with van der Waals surface area (Å²) in [6, 6.07) is 13.8. The maximum absolute atomic E-state index is 12.9. The molecule has 3 amide bonds. The maximum Gasteiger partial charge on any atom is 0.410 e. The lowest BCUT2D eigenvalue weighted by Gasteiger charge is -2.24. The van der Waals surface area contributed by atoms with E-state index in [1.165, 1.54) is 4.90 Å². The highest BCUT2D eigenvalue weighted by Gasteiger charge is 2.35. The number of hydrogen-bond donors (Lipinski definition) is 3. The van der Waals surface area contributed by atoms with Crippen LogP contribution in [0.2, 0.25) is 0 Å². The molecule has 39 heavy (non-hydrogen) atoms. The molecule has 0 unspecified atom stereocenters. The van der Waals surface area contributed by atoms with Crippen molar-refractivity contribution in [3.8, 4) is 0 Å². The second-order valence-electron chi connectivity index (χ2n) is 10.0. The van der Waals surface area contributed by atoms with Gasteiger partial charge in [0, 0.05) is 13.6 Å². The van der Waals surface area contributed by atoms with Crippen molar-refractivity contribution in [2.45, 2.75) is 57.5 Å². The number of likely N-dealkylation sites (N-methyl/N-ethyl adjacent to an activating group) is 1. The van der Waals surface area contributed by atoms with E-state index in [2.05, 4.69) is 20.8 Å². The summed E-state index contributed by atoms with van der Waals surface area (Å²) in [6.07, 6.45) is 0.732. The zero-order chi connectivity index (χ0) is 28.0. The average Bonchev–Trinajstić information content (AvgIpc) is 3.59. The fourth-order valence-electron chi connectivity index (χ4n) is 4.41. The highest BCUT2D eigenvalue weighted by Crippen LogP contribution is 2.21. The van der Waals surface area contributed by atoms with E-state index >= 15 is 0 Å². The monoisotopic (exact) mass is 537 g/mol. The van der Waals surface area contributed by atoms with Crippen LogP contribution in [0.3, 0.4) is 0 Å². The van der Waals surface area contributed by atoms with E-state index in [9.17, 15) is 14.4 Å². The van der Waals surface area contributed by atoms with E-state index in [1.54, 1.807) is 43.5 Å². The van der Waals surface area contributed by atoms with Crippen LogP contribution < -0.4 is 16.4 Å². The summed E-state index contributed by atoms with van der Waals surface area (Å²) >= 11 is 0. The molecule has 12 heteroatoms. The molecule has 0 bridgehead atoms. The van der Waals surface area contributed by atoms with Crippen molar-refractivity contribution in [3.63, 3.8) is 0 Å². The van der Waals surface area contributed by atoms with Gasteiger partial charge in [-0.15, -0.1) is 10.2 Å². The first-order valence-electron chi connectivity index (χ1n) is 12.9. The lowest BCUT2D eigenvalue weighted by molar-refractivity contribution is -0.126. The van der Waals surface area contributed by atoms with Gasteiger partial charge < -0.3 is 25.8 Å². The molecule has 1 saturated heterocycles. The van der Waals surface area contributed by atoms with Crippen LogP contribution in [0.25, 0.3) is 5.65 Å². The third kappa shape index (κ3) is 6.70. The number of carbonyl (C=O) groups is 3. The molecule has 1 aliphatic rings. The zero-order valence-electron chi connectivity index (χ0n) is 22.4. The molecule has 0 spiro atoms. The second kappa shape index (κ2) is 12.2. The molecule has 12 nitrogen and oxygen atoms in total. The number of pyridine rings is 1. The molecular formula is C27H35N7O5. The van der Waals surface area contributed by atoms with E-state index in [0.29, 0.717) is 36.7 Å². The van der Waals surface area contributed by atoms with Crippen LogP contribution in [0.5, 0.6) is 0 Å². The number of aromatic nitrogens is 3. The minimum absolute atomic E-state index is 0.0912. The predicted octanol–water partition coefficient (Wildman–Crippen LogP) is 1.69. The standard InChI is InChI=1S/C27H35N7O5/c1-27(2,28)25(36)30-20(17-38-15-18-9-5-4-6-10-18)23-32-31-22-13-7-11-19(34(22)23)16-39-26(37)33-14-8-12-21(33)24(35)29-3/h4-7,9-11,13,20-21H,8,12,14-17,28H2,1-3H3,(H,29,35)(H,30,36)/t20-,21-/m1/s1. The molecule has 3 heterocycles. The first kappa shape index (κ1) is 28.0. The molecule has 0 saturated carbocycles. The van der Waals surface area contributed by atoms with E-state index < -0.39 is 23.7 Å². The lowest BCUT2D eigenvalue weighted by atomic mass is 10.1. The number of ether oxygens (including phenoxy) is 2. The van der Waals surface area contributed by atoms with Gasteiger partial charge >= 0.3 is 6.09 Å². The van der Waals surface area contributed by atoms with Crippen LogP contribution in [0.4, 0.5) is 4.79 Å². The Kier molecular flexibility index (Phi) is 8.77. The predicted molar refractivity (Wildman–Crippen MR) is 142 cm³/mol. The van der Waals surface area contributed by atoms with Gasteiger partial charge in [0.2, 0.25) is 11.8 Å². The number of likely N-dealkylation sites (tertiary alicyclic amines) is 1. The molecule has 0 radical (unpaired) electrons. The van der Waals surface area contributed by atoms with Crippen LogP contribution in [-0.2, 0) is 32.3 Å². The van der Waals surface area contributed by atoms with Gasteiger partial charge in [0.15, 0.2) is 11.5 Å². The Morgan fingerprint density at radius 3 is 2.59 bits per heavy atom. The molecule has 1 aliphatic heterocycles. The summed E-state index contributed by atoms with van der Waals surface area (Å²) in [5.41, 5.74) is 6.99. The third-order valence-corrected chi connectivity index (χ3v) is 6.51. The van der Waals surface area contributed by atoms with E-state index in [0.717, 1.165) is 12.0 Å². The molecule has 4 rings (SSSR count). The number of nitrogens with zero attached hydrogens (tertiary/aromatic N) is 4. The van der Waals surface area contributed by atoms with Gasteiger partial charge in [-0.05, 0) is 44.4 Å². The SMILES string of the molecule is CNC(=O)[C@H]1CCCN1C(=O)OCc1cccc2nnc([C@@H](COCc3ccccc3)NC(=O)C(C)(C)N)n12. The largest absolute Gasteiger partial charge is 0.443 e. The van der Waals surface area contributed by atoms with Crippen molar-refractivity contribution in [2.75, 3.05) is 20.2 Å². The van der Waals surface area contributed by atoms with Crippen molar-refractivity contribution in [3.05, 3.63) is 65.6 Å². The van der Waals surface area contributed by atoms with Crippen molar-refractivity contribution in [1.29, 1.82) is 0 Å². The molecule has 1 aromatic carbocycles. The van der Waals surface area contributed by atoms with Crippen molar-refractivity contribution < 1.29 is 23.9 Å². The smallest absolute Gasteiger partial charge is 0.410 e. The van der Waals surface area contributed by atoms with Crippen LogP contribution in [0.15, 0.2) is 48.5 Å². The average molecular weight is 538 g/mol. The van der Waals surface area contributed by atoms with Gasteiger partial charge in [-0.25, -0.2) is 4.79 Å².